The summed E-state index contributed by atoms with van der Waals surface area (Å²) >= 11 is 0. The fourth-order valence-electron chi connectivity index (χ4n) is 0.841. The quantitative estimate of drug-likeness (QED) is 0.185. The Labute approximate surface area is 150 Å². The van der Waals surface area contributed by atoms with E-state index in [0.29, 0.717) is 0 Å². The topological polar surface area (TPSA) is 176 Å². The Morgan fingerprint density at radius 3 is 1.72 bits per heavy atom. The summed E-state index contributed by atoms with van der Waals surface area (Å²) in [4.78, 5) is 27.6. The van der Waals surface area contributed by atoms with Crippen molar-refractivity contribution in [3.63, 3.8) is 0 Å². The minimum atomic E-state index is -5.25. The monoisotopic (exact) mass is 308 g/mol. The molecule has 0 unspecified atom stereocenters. The molecule has 0 saturated carbocycles. The molecular weight excluding hydrogens is 293 g/mol. The summed E-state index contributed by atoms with van der Waals surface area (Å²) in [6, 6.07) is 0. The van der Waals surface area contributed by atoms with Crippen molar-refractivity contribution in [2.24, 2.45) is 0 Å². The molecular formula is C6H15Na2O9P. The standard InChI is InChI=1S/C6H13O9P.2Na.2H/c7-1-2(8)3(9)4(10)5(11)6(12)16(13,14)15;;;;/h2-5,7-11H,1H2,(H2,13,14,15);;;;/q;2*+1;2*-1/t2-,3-,4+,5+;;;;/m1..../s1. The summed E-state index contributed by atoms with van der Waals surface area (Å²) in [6.45, 7) is -0.963. The molecule has 0 aliphatic heterocycles. The zero-order valence-electron chi connectivity index (χ0n) is 11.9. The van der Waals surface area contributed by atoms with Gasteiger partial charge in [0.05, 0.1) is 6.61 Å². The molecule has 7 N–H and O–H groups in total. The van der Waals surface area contributed by atoms with Gasteiger partial charge in [-0.2, -0.15) is 0 Å². The van der Waals surface area contributed by atoms with E-state index in [2.05, 4.69) is 0 Å². The van der Waals surface area contributed by atoms with Gasteiger partial charge in [0.25, 0.3) is 5.52 Å². The third-order valence-corrected chi connectivity index (χ3v) is 2.63. The molecule has 18 heavy (non-hydrogen) atoms. The Hall–Kier alpha value is 1.62. The number of aliphatic hydroxyl groups excluding tert-OH is 5. The summed E-state index contributed by atoms with van der Waals surface area (Å²) in [7, 11) is -5.25. The SMILES string of the molecule is O=C([C@@H](O)[C@@H](O)[C@H](O)[C@H](O)CO)P(=O)(O)O.[H-].[H-].[Na+].[Na+]. The van der Waals surface area contributed by atoms with Crippen LogP contribution < -0.4 is 59.1 Å². The number of hydrogen-bond donors (Lipinski definition) is 7. The predicted octanol–water partition coefficient (Wildman–Crippen LogP) is -9.64. The van der Waals surface area contributed by atoms with Crippen LogP contribution in [0.5, 0.6) is 0 Å². The fraction of sp³-hybridized carbons (Fsp3) is 0.833. The van der Waals surface area contributed by atoms with Crippen LogP contribution in [0.4, 0.5) is 0 Å². The van der Waals surface area contributed by atoms with Crippen molar-refractivity contribution in [2.75, 3.05) is 6.61 Å². The van der Waals surface area contributed by atoms with Gasteiger partial charge in [0, 0.05) is 0 Å². The molecule has 0 heterocycles. The van der Waals surface area contributed by atoms with Crippen LogP contribution in [0.25, 0.3) is 0 Å². The first-order valence-electron chi connectivity index (χ1n) is 4.06. The Bertz CT molecular complexity index is 304. The molecule has 12 heteroatoms. The molecule has 9 nitrogen and oxygen atoms in total. The molecule has 0 amide bonds. The first-order valence-corrected chi connectivity index (χ1v) is 5.67. The second-order valence-electron chi connectivity index (χ2n) is 3.06. The molecule has 4 atom stereocenters. The second-order valence-corrected chi connectivity index (χ2v) is 4.59. The van der Waals surface area contributed by atoms with E-state index in [9.17, 15) is 9.36 Å². The van der Waals surface area contributed by atoms with Crippen molar-refractivity contribution in [1.29, 1.82) is 0 Å². The van der Waals surface area contributed by atoms with Gasteiger partial charge in [-0.15, -0.1) is 0 Å². The Morgan fingerprint density at radius 1 is 1.06 bits per heavy atom. The van der Waals surface area contributed by atoms with Gasteiger partial charge in [-0.05, 0) is 0 Å². The number of carbonyl (C=O) groups is 1. The molecule has 0 spiro atoms. The first kappa shape index (κ1) is 24.6. The molecule has 0 aromatic rings. The van der Waals surface area contributed by atoms with Crippen LogP contribution >= 0.6 is 7.60 Å². The Kier molecular flexibility index (Phi) is 14.2. The van der Waals surface area contributed by atoms with E-state index in [4.69, 9.17) is 35.3 Å². The summed E-state index contributed by atoms with van der Waals surface area (Å²) < 4.78 is 10.4. The average Bonchev–Trinajstić information content (AvgIpc) is 2.22. The molecule has 0 aliphatic rings. The van der Waals surface area contributed by atoms with Gasteiger partial charge in [0.1, 0.15) is 18.3 Å². The molecule has 0 aliphatic carbocycles. The summed E-state index contributed by atoms with van der Waals surface area (Å²) in [5.74, 6) is 0. The minimum Gasteiger partial charge on any atom is -1.00 e. The maximum atomic E-state index is 10.8. The normalized spacial score (nSPS) is 17.7. The van der Waals surface area contributed by atoms with Crippen molar-refractivity contribution < 1.29 is 107 Å². The molecule has 0 saturated heterocycles. The Morgan fingerprint density at radius 2 is 1.44 bits per heavy atom. The molecule has 0 fully saturated rings. The maximum absolute atomic E-state index is 10.8. The number of rotatable bonds is 6. The van der Waals surface area contributed by atoms with E-state index in [1.165, 1.54) is 0 Å². The molecule has 0 rings (SSSR count). The van der Waals surface area contributed by atoms with Gasteiger partial charge in [-0.1, -0.05) is 0 Å². The van der Waals surface area contributed by atoms with Crippen LogP contribution in [-0.4, -0.2) is 71.9 Å². The van der Waals surface area contributed by atoms with Gasteiger partial charge >= 0.3 is 66.7 Å². The average molecular weight is 308 g/mol. The van der Waals surface area contributed by atoms with Crippen LogP contribution in [0, 0.1) is 0 Å². The number of carbonyl (C=O) groups excluding carboxylic acids is 1. The zero-order chi connectivity index (χ0) is 13.1. The largest absolute Gasteiger partial charge is 1.00 e. The molecule has 0 radical (unpaired) electrons. The van der Waals surface area contributed by atoms with Gasteiger partial charge in [-0.3, -0.25) is 9.36 Å². The van der Waals surface area contributed by atoms with E-state index in [-0.39, 0.29) is 62.0 Å². The van der Waals surface area contributed by atoms with E-state index in [0.717, 1.165) is 0 Å². The van der Waals surface area contributed by atoms with Gasteiger partial charge in [-0.25, -0.2) is 0 Å². The second kappa shape index (κ2) is 10.4. The molecule has 100 valence electrons. The van der Waals surface area contributed by atoms with E-state index < -0.39 is 44.1 Å². The molecule has 0 aromatic heterocycles. The predicted molar refractivity (Wildman–Crippen MR) is 50.4 cm³/mol. The summed E-state index contributed by atoms with van der Waals surface area (Å²) in [5.41, 5.74) is -1.98. The van der Waals surface area contributed by atoms with E-state index in [1.54, 1.807) is 0 Å². The fourth-order valence-corrected chi connectivity index (χ4v) is 1.34. The molecule has 0 aromatic carbocycles. The summed E-state index contributed by atoms with van der Waals surface area (Å²) in [6.07, 6.45) is -8.84. The molecule has 0 bridgehead atoms. The third kappa shape index (κ3) is 7.41. The van der Waals surface area contributed by atoms with Gasteiger partial charge in [0.15, 0.2) is 6.10 Å². The smallest absolute Gasteiger partial charge is 1.00 e. The van der Waals surface area contributed by atoms with Gasteiger partial charge < -0.3 is 38.2 Å². The van der Waals surface area contributed by atoms with Crippen LogP contribution in [0.15, 0.2) is 0 Å². The number of hydrogen-bond acceptors (Lipinski definition) is 7. The zero-order valence-corrected chi connectivity index (χ0v) is 14.8. The van der Waals surface area contributed by atoms with Crippen molar-refractivity contribution in [3.05, 3.63) is 0 Å². The first-order chi connectivity index (χ1) is 7.12. The van der Waals surface area contributed by atoms with Crippen LogP contribution in [-0.2, 0) is 9.36 Å². The minimum absolute atomic E-state index is 0. The van der Waals surface area contributed by atoms with Gasteiger partial charge in [0.2, 0.25) is 0 Å². The van der Waals surface area contributed by atoms with E-state index in [1.807, 2.05) is 0 Å². The van der Waals surface area contributed by atoms with Crippen LogP contribution in [0.3, 0.4) is 0 Å². The van der Waals surface area contributed by atoms with Crippen molar-refractivity contribution in [1.82, 2.24) is 0 Å². The van der Waals surface area contributed by atoms with Crippen molar-refractivity contribution in [2.45, 2.75) is 24.4 Å². The van der Waals surface area contributed by atoms with Crippen LogP contribution in [0.2, 0.25) is 0 Å². The van der Waals surface area contributed by atoms with Crippen molar-refractivity contribution in [3.8, 4) is 0 Å². The summed E-state index contributed by atoms with van der Waals surface area (Å²) in [5, 5.41) is 44.4. The Balaban J connectivity index is -0.000000187. The number of aliphatic hydroxyl groups is 5. The van der Waals surface area contributed by atoms with E-state index >= 15 is 0 Å². The van der Waals surface area contributed by atoms with Crippen LogP contribution in [0.1, 0.15) is 2.85 Å². The van der Waals surface area contributed by atoms with Crippen molar-refractivity contribution >= 4 is 13.1 Å². The third-order valence-electron chi connectivity index (χ3n) is 1.79. The maximum Gasteiger partial charge on any atom is 1.00 e.